The molecule has 1 aromatic heterocycles. The number of nitrogens with two attached hydrogens (primary N) is 1. The van der Waals surface area contributed by atoms with E-state index in [2.05, 4.69) is 37.4 Å². The predicted octanol–water partition coefficient (Wildman–Crippen LogP) is 3.29. The maximum Gasteiger partial charge on any atom is 0.108 e. The SMILES string of the molecule is Cn1ccnc1CCC1(N)CCC(C(C)(C)C)CC1. The number of hydrogen-bond donors (Lipinski definition) is 1. The Morgan fingerprint density at radius 1 is 1.37 bits per heavy atom. The van der Waals surface area contributed by atoms with Crippen molar-refractivity contribution in [1.29, 1.82) is 0 Å². The van der Waals surface area contributed by atoms with Gasteiger partial charge in [0.25, 0.3) is 0 Å². The second kappa shape index (κ2) is 5.28. The summed E-state index contributed by atoms with van der Waals surface area (Å²) in [6.07, 6.45) is 10.8. The molecule has 2 N–H and O–H groups in total. The monoisotopic (exact) mass is 263 g/mol. The highest BCUT2D eigenvalue weighted by molar-refractivity contribution is 4.97. The van der Waals surface area contributed by atoms with Crippen LogP contribution in [0.3, 0.4) is 0 Å². The van der Waals surface area contributed by atoms with Crippen molar-refractivity contribution in [3.8, 4) is 0 Å². The Kier molecular flexibility index (Phi) is 4.05. The van der Waals surface area contributed by atoms with Crippen molar-refractivity contribution in [2.45, 2.75) is 64.8 Å². The van der Waals surface area contributed by atoms with Gasteiger partial charge in [0, 0.05) is 31.4 Å². The summed E-state index contributed by atoms with van der Waals surface area (Å²) in [7, 11) is 2.06. The number of aromatic nitrogens is 2. The van der Waals surface area contributed by atoms with E-state index >= 15 is 0 Å². The first kappa shape index (κ1) is 14.6. The van der Waals surface area contributed by atoms with Crippen molar-refractivity contribution < 1.29 is 0 Å². The van der Waals surface area contributed by atoms with Gasteiger partial charge in [-0.2, -0.15) is 0 Å². The minimum atomic E-state index is 0.0354. The molecule has 3 heteroatoms. The number of hydrogen-bond acceptors (Lipinski definition) is 2. The normalized spacial score (nSPS) is 28.6. The van der Waals surface area contributed by atoms with E-state index in [1.54, 1.807) is 0 Å². The summed E-state index contributed by atoms with van der Waals surface area (Å²) in [5.41, 5.74) is 7.06. The molecule has 0 amide bonds. The van der Waals surface area contributed by atoms with Crippen molar-refractivity contribution in [3.63, 3.8) is 0 Å². The molecule has 1 heterocycles. The molecule has 3 nitrogen and oxygen atoms in total. The smallest absolute Gasteiger partial charge is 0.108 e. The molecule has 0 unspecified atom stereocenters. The zero-order chi connectivity index (χ0) is 14.1. The molecule has 0 aromatic carbocycles. The maximum absolute atomic E-state index is 6.59. The fourth-order valence-electron chi connectivity index (χ4n) is 3.31. The number of imidazole rings is 1. The fraction of sp³-hybridized carbons (Fsp3) is 0.812. The van der Waals surface area contributed by atoms with Crippen LogP contribution in [0.5, 0.6) is 0 Å². The molecule has 0 saturated heterocycles. The van der Waals surface area contributed by atoms with Gasteiger partial charge in [-0.05, 0) is 43.4 Å². The molecule has 1 aromatic rings. The molecule has 0 aliphatic heterocycles. The van der Waals surface area contributed by atoms with Gasteiger partial charge in [0.15, 0.2) is 0 Å². The average Bonchev–Trinajstić information content (AvgIpc) is 2.72. The van der Waals surface area contributed by atoms with Gasteiger partial charge < -0.3 is 10.3 Å². The fourth-order valence-corrected chi connectivity index (χ4v) is 3.31. The molecule has 2 rings (SSSR count). The van der Waals surface area contributed by atoms with E-state index in [4.69, 9.17) is 5.73 Å². The van der Waals surface area contributed by atoms with E-state index in [0.29, 0.717) is 5.41 Å². The Morgan fingerprint density at radius 3 is 2.47 bits per heavy atom. The lowest BCUT2D eigenvalue weighted by Gasteiger charge is -2.42. The van der Waals surface area contributed by atoms with Crippen molar-refractivity contribution in [1.82, 2.24) is 9.55 Å². The Balaban J connectivity index is 1.87. The van der Waals surface area contributed by atoms with Crippen LogP contribution < -0.4 is 5.73 Å². The molecule has 1 aliphatic carbocycles. The molecule has 0 spiro atoms. The number of aryl methyl sites for hydroxylation is 2. The minimum absolute atomic E-state index is 0.0354. The quantitative estimate of drug-likeness (QED) is 0.909. The molecule has 1 saturated carbocycles. The van der Waals surface area contributed by atoms with Gasteiger partial charge >= 0.3 is 0 Å². The van der Waals surface area contributed by atoms with Gasteiger partial charge in [-0.15, -0.1) is 0 Å². The number of nitrogens with zero attached hydrogens (tertiary/aromatic N) is 2. The predicted molar refractivity (Wildman–Crippen MR) is 79.9 cm³/mol. The summed E-state index contributed by atoms with van der Waals surface area (Å²) >= 11 is 0. The van der Waals surface area contributed by atoms with E-state index in [-0.39, 0.29) is 5.54 Å². The van der Waals surface area contributed by atoms with E-state index in [1.807, 2.05) is 12.4 Å². The lowest BCUT2D eigenvalue weighted by atomic mass is 9.66. The first-order chi connectivity index (χ1) is 8.80. The van der Waals surface area contributed by atoms with Crippen LogP contribution in [-0.2, 0) is 13.5 Å². The Morgan fingerprint density at radius 2 is 2.00 bits per heavy atom. The first-order valence-electron chi connectivity index (χ1n) is 7.55. The Hall–Kier alpha value is -0.830. The Labute approximate surface area is 117 Å². The molecule has 108 valence electrons. The maximum atomic E-state index is 6.59. The molecule has 1 fully saturated rings. The summed E-state index contributed by atoms with van der Waals surface area (Å²) in [5, 5.41) is 0. The van der Waals surface area contributed by atoms with Crippen molar-refractivity contribution in [2.24, 2.45) is 24.1 Å². The largest absolute Gasteiger partial charge is 0.338 e. The second-order valence-electron chi connectivity index (χ2n) is 7.46. The van der Waals surface area contributed by atoms with Crippen molar-refractivity contribution >= 4 is 0 Å². The zero-order valence-corrected chi connectivity index (χ0v) is 12.9. The average molecular weight is 263 g/mol. The number of rotatable bonds is 3. The van der Waals surface area contributed by atoms with Crippen LogP contribution in [0.15, 0.2) is 12.4 Å². The third-order valence-corrected chi connectivity index (χ3v) is 4.97. The third kappa shape index (κ3) is 3.59. The first-order valence-corrected chi connectivity index (χ1v) is 7.55. The molecule has 19 heavy (non-hydrogen) atoms. The highest BCUT2D eigenvalue weighted by atomic mass is 15.0. The van der Waals surface area contributed by atoms with Gasteiger partial charge in [0.2, 0.25) is 0 Å². The zero-order valence-electron chi connectivity index (χ0n) is 12.9. The topological polar surface area (TPSA) is 43.8 Å². The molecule has 0 bridgehead atoms. The summed E-state index contributed by atoms with van der Waals surface area (Å²) in [6, 6.07) is 0. The van der Waals surface area contributed by atoms with Crippen LogP contribution in [-0.4, -0.2) is 15.1 Å². The highest BCUT2D eigenvalue weighted by Crippen LogP contribution is 2.41. The van der Waals surface area contributed by atoms with Crippen LogP contribution in [0, 0.1) is 11.3 Å². The van der Waals surface area contributed by atoms with Crippen LogP contribution in [0.25, 0.3) is 0 Å². The molecular weight excluding hydrogens is 234 g/mol. The van der Waals surface area contributed by atoms with E-state index in [0.717, 1.165) is 24.6 Å². The van der Waals surface area contributed by atoms with Gasteiger partial charge in [-0.3, -0.25) is 0 Å². The molecule has 1 aliphatic rings. The van der Waals surface area contributed by atoms with Crippen LogP contribution >= 0.6 is 0 Å². The second-order valence-corrected chi connectivity index (χ2v) is 7.46. The Bertz CT molecular complexity index is 406. The van der Waals surface area contributed by atoms with E-state index in [1.165, 1.54) is 25.7 Å². The summed E-state index contributed by atoms with van der Waals surface area (Å²) in [6.45, 7) is 7.07. The lowest BCUT2D eigenvalue weighted by molar-refractivity contribution is 0.129. The van der Waals surface area contributed by atoms with Gasteiger partial charge in [0.05, 0.1) is 0 Å². The lowest BCUT2D eigenvalue weighted by Crippen LogP contribution is -2.45. The van der Waals surface area contributed by atoms with Crippen molar-refractivity contribution in [3.05, 3.63) is 18.2 Å². The third-order valence-electron chi connectivity index (χ3n) is 4.97. The molecular formula is C16H29N3. The molecule has 0 atom stereocenters. The van der Waals surface area contributed by atoms with Crippen molar-refractivity contribution in [2.75, 3.05) is 0 Å². The van der Waals surface area contributed by atoms with Gasteiger partial charge in [0.1, 0.15) is 5.82 Å². The summed E-state index contributed by atoms with van der Waals surface area (Å²) in [4.78, 5) is 4.39. The van der Waals surface area contributed by atoms with Gasteiger partial charge in [-0.25, -0.2) is 4.98 Å². The van der Waals surface area contributed by atoms with E-state index in [9.17, 15) is 0 Å². The standard InChI is InChI=1S/C16H29N3/c1-15(2,3)13-5-8-16(17,9-6-13)10-7-14-18-11-12-19(14)4/h11-13H,5-10,17H2,1-4H3. The minimum Gasteiger partial charge on any atom is -0.338 e. The van der Waals surface area contributed by atoms with Gasteiger partial charge in [-0.1, -0.05) is 20.8 Å². The van der Waals surface area contributed by atoms with Crippen LogP contribution in [0.2, 0.25) is 0 Å². The summed E-state index contributed by atoms with van der Waals surface area (Å²) < 4.78 is 2.10. The molecule has 0 radical (unpaired) electrons. The van der Waals surface area contributed by atoms with Crippen LogP contribution in [0.4, 0.5) is 0 Å². The summed E-state index contributed by atoms with van der Waals surface area (Å²) in [5.74, 6) is 1.99. The van der Waals surface area contributed by atoms with Crippen LogP contribution in [0.1, 0.15) is 58.7 Å². The highest BCUT2D eigenvalue weighted by Gasteiger charge is 2.35. The van der Waals surface area contributed by atoms with E-state index < -0.39 is 0 Å².